The fourth-order valence-electron chi connectivity index (χ4n) is 2.40. The topological polar surface area (TPSA) is 122 Å². The van der Waals surface area contributed by atoms with Crippen LogP contribution in [0.5, 0.6) is 5.88 Å². The fourth-order valence-corrected chi connectivity index (χ4v) is 2.87. The first-order chi connectivity index (χ1) is 12.3. The Bertz CT molecular complexity index is 1010. The van der Waals surface area contributed by atoms with Gasteiger partial charge in [0.25, 0.3) is 11.2 Å². The normalized spacial score (nSPS) is 10.8. The summed E-state index contributed by atoms with van der Waals surface area (Å²) in [6, 6.07) is 5.95. The number of nitro groups is 1. The SMILES string of the molecule is CCCn1c(O)c(C=Nc2ccc([N+](=O)[O-])cc2Br)c(C)c(C#N)c1=O. The van der Waals surface area contributed by atoms with E-state index in [2.05, 4.69) is 20.9 Å². The van der Waals surface area contributed by atoms with Crippen molar-refractivity contribution in [3.63, 3.8) is 0 Å². The second kappa shape index (κ2) is 7.93. The van der Waals surface area contributed by atoms with Crippen molar-refractivity contribution < 1.29 is 10.0 Å². The summed E-state index contributed by atoms with van der Waals surface area (Å²) < 4.78 is 1.54. The van der Waals surface area contributed by atoms with Crippen LogP contribution in [0.4, 0.5) is 11.4 Å². The van der Waals surface area contributed by atoms with Gasteiger partial charge in [0.05, 0.1) is 16.2 Å². The first-order valence-corrected chi connectivity index (χ1v) is 8.45. The second-order valence-electron chi connectivity index (χ2n) is 5.46. The van der Waals surface area contributed by atoms with Gasteiger partial charge in [-0.1, -0.05) is 6.92 Å². The van der Waals surface area contributed by atoms with Gasteiger partial charge in [-0.15, -0.1) is 0 Å². The molecule has 1 heterocycles. The number of nitriles is 1. The van der Waals surface area contributed by atoms with Crippen LogP contribution >= 0.6 is 15.9 Å². The maximum absolute atomic E-state index is 12.3. The molecule has 134 valence electrons. The number of nitrogens with zero attached hydrogens (tertiary/aromatic N) is 4. The van der Waals surface area contributed by atoms with Gasteiger partial charge in [0.2, 0.25) is 5.88 Å². The number of pyridine rings is 1. The molecule has 0 amide bonds. The molecule has 0 fully saturated rings. The van der Waals surface area contributed by atoms with Gasteiger partial charge in [0.1, 0.15) is 11.6 Å². The molecule has 0 saturated carbocycles. The highest BCUT2D eigenvalue weighted by Gasteiger charge is 2.17. The molecule has 1 aromatic heterocycles. The number of hydrogen-bond donors (Lipinski definition) is 1. The molecule has 0 atom stereocenters. The molecule has 0 bridgehead atoms. The molecule has 0 saturated heterocycles. The van der Waals surface area contributed by atoms with Crippen LogP contribution in [0.3, 0.4) is 0 Å². The lowest BCUT2D eigenvalue weighted by Gasteiger charge is -2.13. The van der Waals surface area contributed by atoms with Gasteiger partial charge in [0.15, 0.2) is 0 Å². The third-order valence-corrected chi connectivity index (χ3v) is 4.40. The molecule has 9 heteroatoms. The number of nitro benzene ring substituents is 1. The molecule has 0 aliphatic carbocycles. The number of aromatic nitrogens is 1. The van der Waals surface area contributed by atoms with Crippen molar-refractivity contribution in [2.75, 3.05) is 0 Å². The van der Waals surface area contributed by atoms with Crippen LogP contribution in [-0.4, -0.2) is 20.8 Å². The van der Waals surface area contributed by atoms with Gasteiger partial charge >= 0.3 is 0 Å². The highest BCUT2D eigenvalue weighted by Crippen LogP contribution is 2.30. The van der Waals surface area contributed by atoms with E-state index in [4.69, 9.17) is 0 Å². The van der Waals surface area contributed by atoms with E-state index in [9.17, 15) is 25.3 Å². The molecular weight excluding hydrogens is 404 g/mol. The Hall–Kier alpha value is -2.99. The minimum Gasteiger partial charge on any atom is -0.494 e. The first kappa shape index (κ1) is 19.3. The van der Waals surface area contributed by atoms with Crippen LogP contribution < -0.4 is 5.56 Å². The van der Waals surface area contributed by atoms with E-state index in [1.165, 1.54) is 24.4 Å². The van der Waals surface area contributed by atoms with Gasteiger partial charge in [-0.05, 0) is 40.9 Å². The Labute approximate surface area is 157 Å². The summed E-state index contributed by atoms with van der Waals surface area (Å²) in [5.74, 6) is -0.268. The highest BCUT2D eigenvalue weighted by atomic mass is 79.9. The monoisotopic (exact) mass is 418 g/mol. The maximum Gasteiger partial charge on any atom is 0.271 e. The van der Waals surface area contributed by atoms with E-state index in [0.29, 0.717) is 22.1 Å². The van der Waals surface area contributed by atoms with Crippen LogP contribution in [0, 0.1) is 28.4 Å². The standard InChI is InChI=1S/C17H15BrN4O4/c1-3-6-21-16(23)12(8-19)10(2)13(17(21)24)9-20-15-5-4-11(22(25)26)7-14(15)18/h4-5,7,9,24H,3,6H2,1-2H3. The number of aromatic hydroxyl groups is 1. The van der Waals surface area contributed by atoms with Crippen LogP contribution in [0.15, 0.2) is 32.5 Å². The maximum atomic E-state index is 12.3. The van der Waals surface area contributed by atoms with Gasteiger partial charge in [-0.25, -0.2) is 0 Å². The van der Waals surface area contributed by atoms with E-state index in [-0.39, 0.29) is 29.2 Å². The van der Waals surface area contributed by atoms with Crippen molar-refractivity contribution in [2.45, 2.75) is 26.8 Å². The lowest BCUT2D eigenvalue weighted by Crippen LogP contribution is -2.25. The summed E-state index contributed by atoms with van der Waals surface area (Å²) in [5, 5.41) is 30.5. The third kappa shape index (κ3) is 3.65. The zero-order chi connectivity index (χ0) is 19.4. The summed E-state index contributed by atoms with van der Waals surface area (Å²) in [4.78, 5) is 26.8. The van der Waals surface area contributed by atoms with Crippen molar-refractivity contribution in [1.82, 2.24) is 4.57 Å². The summed E-state index contributed by atoms with van der Waals surface area (Å²) in [6.07, 6.45) is 1.94. The molecular formula is C17H15BrN4O4. The van der Waals surface area contributed by atoms with Crippen LogP contribution in [0.1, 0.15) is 30.0 Å². The number of aliphatic imine (C=N–C) groups is 1. The molecule has 8 nitrogen and oxygen atoms in total. The van der Waals surface area contributed by atoms with Crippen LogP contribution in [0.25, 0.3) is 0 Å². The predicted octanol–water partition coefficient (Wildman–Crippen LogP) is 3.57. The van der Waals surface area contributed by atoms with Gasteiger partial charge in [0, 0.05) is 29.4 Å². The predicted molar refractivity (Wildman–Crippen MR) is 100 cm³/mol. The van der Waals surface area contributed by atoms with E-state index < -0.39 is 10.5 Å². The largest absolute Gasteiger partial charge is 0.494 e. The number of rotatable bonds is 5. The van der Waals surface area contributed by atoms with Gasteiger partial charge in [-0.2, -0.15) is 5.26 Å². The Morgan fingerprint density at radius 3 is 2.73 bits per heavy atom. The summed E-state index contributed by atoms with van der Waals surface area (Å²) in [5.41, 5.74) is 0.293. The van der Waals surface area contributed by atoms with Crippen molar-refractivity contribution in [2.24, 2.45) is 4.99 Å². The summed E-state index contributed by atoms with van der Waals surface area (Å²) in [7, 11) is 0. The number of hydrogen-bond acceptors (Lipinski definition) is 6. The Kier molecular flexibility index (Phi) is 5.90. The molecule has 1 N–H and O–H groups in total. The molecule has 0 unspecified atom stereocenters. The molecule has 2 rings (SSSR count). The van der Waals surface area contributed by atoms with Crippen LogP contribution in [0.2, 0.25) is 0 Å². The average molecular weight is 419 g/mol. The lowest BCUT2D eigenvalue weighted by molar-refractivity contribution is -0.384. The quantitative estimate of drug-likeness (QED) is 0.451. The second-order valence-corrected chi connectivity index (χ2v) is 6.31. The Morgan fingerprint density at radius 1 is 1.50 bits per heavy atom. The number of non-ortho nitro benzene ring substituents is 1. The molecule has 0 aliphatic rings. The molecule has 0 spiro atoms. The minimum atomic E-state index is -0.544. The summed E-state index contributed by atoms with van der Waals surface area (Å²) >= 11 is 3.22. The summed E-state index contributed by atoms with van der Waals surface area (Å²) in [6.45, 7) is 3.67. The van der Waals surface area contributed by atoms with Gasteiger partial charge in [-0.3, -0.25) is 24.5 Å². The molecule has 0 radical (unpaired) electrons. The van der Waals surface area contributed by atoms with Crippen molar-refractivity contribution in [1.29, 1.82) is 5.26 Å². The zero-order valence-corrected chi connectivity index (χ0v) is 15.6. The number of benzene rings is 1. The Morgan fingerprint density at radius 2 is 2.19 bits per heavy atom. The zero-order valence-electron chi connectivity index (χ0n) is 14.1. The van der Waals surface area contributed by atoms with Crippen molar-refractivity contribution in [3.05, 3.63) is 59.8 Å². The highest BCUT2D eigenvalue weighted by molar-refractivity contribution is 9.10. The average Bonchev–Trinajstić information content (AvgIpc) is 2.60. The van der Waals surface area contributed by atoms with E-state index >= 15 is 0 Å². The van der Waals surface area contributed by atoms with E-state index in [1.54, 1.807) is 6.92 Å². The molecule has 0 aliphatic heterocycles. The minimum absolute atomic E-state index is 0.0551. The first-order valence-electron chi connectivity index (χ1n) is 7.66. The van der Waals surface area contributed by atoms with E-state index in [1.807, 2.05) is 13.0 Å². The fraction of sp³-hybridized carbons (Fsp3) is 0.235. The molecule has 2 aromatic rings. The van der Waals surface area contributed by atoms with E-state index in [0.717, 1.165) is 4.57 Å². The molecule has 1 aromatic carbocycles. The number of halogens is 1. The Balaban J connectivity index is 2.58. The van der Waals surface area contributed by atoms with Crippen molar-refractivity contribution in [3.8, 4) is 11.9 Å². The third-order valence-electron chi connectivity index (χ3n) is 3.77. The van der Waals surface area contributed by atoms with Gasteiger partial charge < -0.3 is 5.11 Å². The smallest absolute Gasteiger partial charge is 0.271 e. The van der Waals surface area contributed by atoms with Crippen molar-refractivity contribution >= 4 is 33.5 Å². The lowest BCUT2D eigenvalue weighted by atomic mass is 10.1. The molecule has 26 heavy (non-hydrogen) atoms. The van der Waals surface area contributed by atoms with Crippen LogP contribution in [-0.2, 0) is 6.54 Å².